The topological polar surface area (TPSA) is 109 Å². The summed E-state index contributed by atoms with van der Waals surface area (Å²) in [5.41, 5.74) is 5.71. The number of methoxy groups -OCH3 is 1. The summed E-state index contributed by atoms with van der Waals surface area (Å²) in [6.07, 6.45) is 1.50. The van der Waals surface area contributed by atoms with E-state index in [0.29, 0.717) is 22.7 Å². The number of nitrogens with one attached hydrogen (secondary N) is 2. The van der Waals surface area contributed by atoms with Crippen molar-refractivity contribution in [3.8, 4) is 11.5 Å². The van der Waals surface area contributed by atoms with Gasteiger partial charge in [0.25, 0.3) is 0 Å². The summed E-state index contributed by atoms with van der Waals surface area (Å²) in [7, 11) is 1.53. The van der Waals surface area contributed by atoms with Crippen molar-refractivity contribution in [2.24, 2.45) is 5.10 Å². The Balaban J connectivity index is 1.66. The molecular formula is C24H22IN3O5. The molecule has 3 aromatic rings. The van der Waals surface area contributed by atoms with Crippen LogP contribution in [0.3, 0.4) is 0 Å². The lowest BCUT2D eigenvalue weighted by atomic mass is 10.1. The average molecular weight is 559 g/mol. The summed E-state index contributed by atoms with van der Waals surface area (Å²) in [4.78, 5) is 23.2. The highest BCUT2D eigenvalue weighted by atomic mass is 127. The van der Waals surface area contributed by atoms with Gasteiger partial charge >= 0.3 is 12.0 Å². The maximum Gasteiger partial charge on any atom is 0.339 e. The summed E-state index contributed by atoms with van der Waals surface area (Å²) >= 11 is 2.12. The molecule has 2 amide bonds. The first-order valence-electron chi connectivity index (χ1n) is 9.85. The van der Waals surface area contributed by atoms with Gasteiger partial charge in [0, 0.05) is 5.69 Å². The second kappa shape index (κ2) is 11.3. The minimum Gasteiger partial charge on any atom is -0.493 e. The number of halogens is 1. The Morgan fingerprint density at radius 1 is 1.12 bits per heavy atom. The van der Waals surface area contributed by atoms with Gasteiger partial charge in [-0.25, -0.2) is 15.0 Å². The van der Waals surface area contributed by atoms with E-state index in [1.54, 1.807) is 24.3 Å². The number of rotatable bonds is 8. The fraction of sp³-hybridized carbons (Fsp3) is 0.125. The van der Waals surface area contributed by atoms with Gasteiger partial charge in [-0.15, -0.1) is 0 Å². The van der Waals surface area contributed by atoms with Gasteiger partial charge in [0.2, 0.25) is 0 Å². The standard InChI is InChI=1S/C24H22IN3O5/c1-15-6-3-4-9-20(15)27-24(31)28-26-13-17-11-19(25)22(21(12-17)32-2)33-14-16-7-5-8-18(10-16)23(29)30/h3-13H,14H2,1-2H3,(H,29,30)(H2,27,28,31). The number of hydrogen-bond acceptors (Lipinski definition) is 5. The third kappa shape index (κ3) is 6.69. The molecule has 0 aromatic heterocycles. The molecule has 8 nitrogen and oxygen atoms in total. The maximum atomic E-state index is 12.1. The van der Waals surface area contributed by atoms with E-state index in [0.717, 1.165) is 14.7 Å². The molecule has 0 radical (unpaired) electrons. The number of hydrogen-bond donors (Lipinski definition) is 3. The predicted molar refractivity (Wildman–Crippen MR) is 134 cm³/mol. The number of hydrazone groups is 1. The molecule has 0 heterocycles. The fourth-order valence-corrected chi connectivity index (χ4v) is 3.71. The van der Waals surface area contributed by atoms with Gasteiger partial charge in [0.1, 0.15) is 6.61 Å². The quantitative estimate of drug-likeness (QED) is 0.204. The SMILES string of the molecule is COc1cc(C=NNC(=O)Nc2ccccc2C)cc(I)c1OCc1cccc(C(=O)O)c1. The zero-order chi connectivity index (χ0) is 23.8. The number of nitrogens with zero attached hydrogens (tertiary/aromatic N) is 1. The van der Waals surface area contributed by atoms with Gasteiger partial charge in [-0.1, -0.05) is 30.3 Å². The number of para-hydroxylation sites is 1. The third-order valence-electron chi connectivity index (χ3n) is 4.58. The molecule has 0 saturated carbocycles. The maximum absolute atomic E-state index is 12.1. The van der Waals surface area contributed by atoms with Crippen molar-refractivity contribution in [2.75, 3.05) is 12.4 Å². The normalized spacial score (nSPS) is 10.6. The summed E-state index contributed by atoms with van der Waals surface area (Å²) in [5.74, 6) is 0.0252. The first-order chi connectivity index (χ1) is 15.9. The number of carboxylic acid groups (broad SMARTS) is 1. The third-order valence-corrected chi connectivity index (χ3v) is 5.38. The lowest BCUT2D eigenvalue weighted by Crippen LogP contribution is -2.24. The first kappa shape index (κ1) is 24.1. The Labute approximate surface area is 204 Å². The molecule has 0 aliphatic rings. The summed E-state index contributed by atoms with van der Waals surface area (Å²) in [5, 5.41) is 15.9. The van der Waals surface area contributed by atoms with Crippen LogP contribution in [0.4, 0.5) is 10.5 Å². The predicted octanol–water partition coefficient (Wildman–Crippen LogP) is 5.04. The summed E-state index contributed by atoms with van der Waals surface area (Å²) in [6, 6.07) is 17.1. The molecule has 9 heteroatoms. The van der Waals surface area contributed by atoms with E-state index in [-0.39, 0.29) is 12.2 Å². The van der Waals surface area contributed by atoms with Crippen LogP contribution >= 0.6 is 22.6 Å². The molecule has 0 saturated heterocycles. The van der Waals surface area contributed by atoms with Crippen molar-refractivity contribution in [3.05, 3.63) is 86.5 Å². The molecule has 0 atom stereocenters. The highest BCUT2D eigenvalue weighted by Crippen LogP contribution is 2.34. The molecule has 0 aliphatic carbocycles. The van der Waals surface area contributed by atoms with Crippen molar-refractivity contribution < 1.29 is 24.2 Å². The molecule has 0 fully saturated rings. The van der Waals surface area contributed by atoms with Crippen molar-refractivity contribution in [2.45, 2.75) is 13.5 Å². The number of carbonyl (C=O) groups excluding carboxylic acids is 1. The average Bonchev–Trinajstić information content (AvgIpc) is 2.79. The number of benzene rings is 3. The lowest BCUT2D eigenvalue weighted by molar-refractivity contribution is 0.0696. The van der Waals surface area contributed by atoms with E-state index in [2.05, 4.69) is 38.4 Å². The number of amides is 2. The van der Waals surface area contributed by atoms with Gasteiger partial charge < -0.3 is 19.9 Å². The van der Waals surface area contributed by atoms with Crippen LogP contribution in [0.2, 0.25) is 0 Å². The molecule has 0 aliphatic heterocycles. The van der Waals surface area contributed by atoms with Crippen LogP contribution in [0.25, 0.3) is 0 Å². The Hall–Kier alpha value is -3.60. The van der Waals surface area contributed by atoms with Crippen LogP contribution < -0.4 is 20.2 Å². The molecule has 170 valence electrons. The van der Waals surface area contributed by atoms with E-state index >= 15 is 0 Å². The molecule has 0 bridgehead atoms. The largest absolute Gasteiger partial charge is 0.493 e. The molecule has 3 N–H and O–H groups in total. The van der Waals surface area contributed by atoms with E-state index in [4.69, 9.17) is 14.6 Å². The molecule has 0 unspecified atom stereocenters. The Morgan fingerprint density at radius 3 is 2.64 bits per heavy atom. The van der Waals surface area contributed by atoms with E-state index in [1.165, 1.54) is 19.4 Å². The van der Waals surface area contributed by atoms with Crippen LogP contribution in [-0.4, -0.2) is 30.4 Å². The van der Waals surface area contributed by atoms with Crippen molar-refractivity contribution in [1.29, 1.82) is 0 Å². The van der Waals surface area contributed by atoms with Crippen LogP contribution in [0.15, 0.2) is 65.8 Å². The smallest absolute Gasteiger partial charge is 0.339 e. The fourth-order valence-electron chi connectivity index (χ4n) is 2.93. The van der Waals surface area contributed by atoms with Crippen molar-refractivity contribution >= 4 is 46.5 Å². The van der Waals surface area contributed by atoms with Gasteiger partial charge in [0.05, 0.1) is 22.5 Å². The van der Waals surface area contributed by atoms with Crippen molar-refractivity contribution in [3.63, 3.8) is 0 Å². The summed E-state index contributed by atoms with van der Waals surface area (Å²) in [6.45, 7) is 2.08. The Bertz CT molecular complexity index is 1200. The second-order valence-corrected chi connectivity index (χ2v) is 8.13. The highest BCUT2D eigenvalue weighted by Gasteiger charge is 2.12. The van der Waals surface area contributed by atoms with Gasteiger partial charge in [-0.3, -0.25) is 0 Å². The lowest BCUT2D eigenvalue weighted by Gasteiger charge is -2.14. The van der Waals surface area contributed by atoms with Gasteiger partial charge in [-0.2, -0.15) is 5.10 Å². The van der Waals surface area contributed by atoms with Crippen LogP contribution in [0, 0.1) is 10.5 Å². The van der Waals surface area contributed by atoms with Crippen LogP contribution in [0.1, 0.15) is 27.0 Å². The molecule has 3 aromatic carbocycles. The zero-order valence-electron chi connectivity index (χ0n) is 18.0. The van der Waals surface area contributed by atoms with E-state index in [9.17, 15) is 9.59 Å². The molecule has 33 heavy (non-hydrogen) atoms. The number of ether oxygens (including phenoxy) is 2. The second-order valence-electron chi connectivity index (χ2n) is 6.97. The number of aromatic carboxylic acids is 1. The van der Waals surface area contributed by atoms with Gasteiger partial charge in [-0.05, 0) is 76.5 Å². The van der Waals surface area contributed by atoms with E-state index in [1.807, 2.05) is 37.3 Å². The zero-order valence-corrected chi connectivity index (χ0v) is 20.1. The number of anilines is 1. The molecule has 0 spiro atoms. The number of aryl methyl sites for hydroxylation is 1. The highest BCUT2D eigenvalue weighted by molar-refractivity contribution is 14.1. The van der Waals surface area contributed by atoms with E-state index < -0.39 is 12.0 Å². The summed E-state index contributed by atoms with van der Waals surface area (Å²) < 4.78 is 12.1. The number of carbonyl (C=O) groups is 2. The van der Waals surface area contributed by atoms with Crippen LogP contribution in [0.5, 0.6) is 11.5 Å². The Morgan fingerprint density at radius 2 is 1.91 bits per heavy atom. The van der Waals surface area contributed by atoms with Crippen molar-refractivity contribution in [1.82, 2.24) is 5.43 Å². The molecule has 3 rings (SSSR count). The first-order valence-corrected chi connectivity index (χ1v) is 10.9. The van der Waals surface area contributed by atoms with Gasteiger partial charge in [0.15, 0.2) is 11.5 Å². The number of urea groups is 1. The molecular weight excluding hydrogens is 537 g/mol. The minimum atomic E-state index is -0.992. The number of carboxylic acids is 1. The Kier molecular flexibility index (Phi) is 8.25. The minimum absolute atomic E-state index is 0.182. The van der Waals surface area contributed by atoms with Crippen LogP contribution in [-0.2, 0) is 6.61 Å². The monoisotopic (exact) mass is 559 g/mol.